The molecule has 2 aromatic carbocycles. The van der Waals surface area contributed by atoms with Crippen LogP contribution in [0.2, 0.25) is 0 Å². The number of ether oxygens (including phenoxy) is 2. The highest BCUT2D eigenvalue weighted by atomic mass is 16.5. The molecule has 2 saturated heterocycles. The van der Waals surface area contributed by atoms with Gasteiger partial charge in [0.1, 0.15) is 28.8 Å². The molecule has 16 nitrogen and oxygen atoms in total. The van der Waals surface area contributed by atoms with Crippen molar-refractivity contribution in [1.29, 1.82) is 0 Å². The molecule has 4 aliphatic rings. The molecule has 3 amide bonds. The molecule has 0 spiro atoms. The molecule has 2 fully saturated rings. The van der Waals surface area contributed by atoms with E-state index in [9.17, 15) is 29.2 Å². The number of benzene rings is 2. The number of methoxy groups -OCH3 is 1. The third-order valence-electron chi connectivity index (χ3n) is 13.6. The number of hydrazine groups is 2. The lowest BCUT2D eigenvalue weighted by molar-refractivity contribution is -0.732. The lowest BCUT2D eigenvalue weighted by Gasteiger charge is -2.42. The van der Waals surface area contributed by atoms with Gasteiger partial charge in [0.15, 0.2) is 6.04 Å². The molecule has 342 valence electrons. The van der Waals surface area contributed by atoms with Crippen LogP contribution in [-0.4, -0.2) is 123 Å². The Hall–Kier alpha value is -6.31. The smallest absolute Gasteiger partial charge is 0.324 e. The molecule has 3 N–H and O–H groups in total. The third-order valence-corrected chi connectivity index (χ3v) is 13.6. The second-order valence-electron chi connectivity index (χ2n) is 18.8. The number of aromatic nitrogens is 2. The van der Waals surface area contributed by atoms with Crippen LogP contribution in [0.4, 0.5) is 0 Å². The second-order valence-corrected chi connectivity index (χ2v) is 18.8. The van der Waals surface area contributed by atoms with Crippen LogP contribution in [0, 0.1) is 28.1 Å². The summed E-state index contributed by atoms with van der Waals surface area (Å²) in [6, 6.07) is 11.7. The number of amides is 3. The van der Waals surface area contributed by atoms with E-state index in [1.54, 1.807) is 39.4 Å². The molecular weight excluding hydrogens is 829 g/mol. The number of likely N-dealkylation sites (N-methyl/N-ethyl adjacent to an activating group) is 1. The van der Waals surface area contributed by atoms with E-state index in [4.69, 9.17) is 14.5 Å². The summed E-state index contributed by atoms with van der Waals surface area (Å²) >= 11 is 0. The number of nitrogens with one attached hydrogen (secondary N) is 2. The Bertz CT molecular complexity index is 2630. The van der Waals surface area contributed by atoms with Gasteiger partial charge in [-0.2, -0.15) is 0 Å². The number of aromatic hydroxyl groups is 1. The number of phenols is 1. The van der Waals surface area contributed by atoms with Gasteiger partial charge in [-0.15, -0.1) is 5.01 Å². The average molecular weight is 888 g/mol. The quantitative estimate of drug-likeness (QED) is 0.101. The standard InChI is InChI=1S/C49H58N8O8/c1-9-12-39(59)55-20-17-32(26-55)57(63)54(7)43(28(2)3)46(60)51-37-23-29-21-31(24-33(58)22-29)30-15-16-38-35(25-30)40-41(45(64-8)42-34(13-10-18-50-42)44(40)53(38)6)49(4,5)27-65-48(62)36-14-11-19-56(52-36)47(37)61/h10,13,15-16,18,21-22,24-25,28,32,36-37,41,43,45,52H,11,14,17,19-20,23,26-27H2,1-8H3,(H-,51,58,60)/p+1/t32-,36-,37-,41?,43-,45-/m0/s1. The summed E-state index contributed by atoms with van der Waals surface area (Å²) in [5, 5.41) is 18.0. The number of nitrogens with zero attached hydrogens (tertiary/aromatic N) is 6. The first kappa shape index (κ1) is 45.3. The summed E-state index contributed by atoms with van der Waals surface area (Å²) in [5.41, 5.74) is 9.30. The van der Waals surface area contributed by atoms with Gasteiger partial charge in [0.05, 0.1) is 36.5 Å². The van der Waals surface area contributed by atoms with Gasteiger partial charge in [-0.1, -0.05) is 45.7 Å². The van der Waals surface area contributed by atoms with Gasteiger partial charge in [0, 0.05) is 74.1 Å². The number of fused-ring (bicyclic) bond motifs is 8. The minimum absolute atomic E-state index is 0.0206. The maximum absolute atomic E-state index is 14.7. The molecular formula is C49H59N8O8+. The first-order valence-corrected chi connectivity index (χ1v) is 22.4. The summed E-state index contributed by atoms with van der Waals surface area (Å²) in [6.07, 6.45) is 2.59. The highest BCUT2D eigenvalue weighted by Crippen LogP contribution is 2.56. The Morgan fingerprint density at radius 2 is 1.89 bits per heavy atom. The summed E-state index contributed by atoms with van der Waals surface area (Å²) in [6.45, 7) is 10.2. The number of carbonyl (C=O) groups is 4. The zero-order chi connectivity index (χ0) is 46.5. The summed E-state index contributed by atoms with van der Waals surface area (Å²) in [4.78, 5) is 76.7. The minimum atomic E-state index is -1.18. The molecule has 1 unspecified atom stereocenters. The highest BCUT2D eigenvalue weighted by Gasteiger charge is 2.48. The fourth-order valence-corrected chi connectivity index (χ4v) is 10.5. The Morgan fingerprint density at radius 3 is 2.63 bits per heavy atom. The van der Waals surface area contributed by atoms with Crippen molar-refractivity contribution >= 4 is 34.6 Å². The zero-order valence-electron chi connectivity index (χ0n) is 38.4. The van der Waals surface area contributed by atoms with Crippen LogP contribution < -0.4 is 10.7 Å². The molecule has 0 radical (unpaired) electrons. The topological polar surface area (TPSA) is 179 Å². The van der Waals surface area contributed by atoms with Crippen LogP contribution in [0.15, 0.2) is 54.7 Å². The van der Waals surface area contributed by atoms with Crippen LogP contribution >= 0.6 is 0 Å². The van der Waals surface area contributed by atoms with Crippen molar-refractivity contribution in [1.82, 2.24) is 35.2 Å². The molecule has 5 heterocycles. The number of carbonyl (C=O) groups excluding carboxylic acids is 4. The van der Waals surface area contributed by atoms with E-state index < -0.39 is 53.5 Å². The molecule has 8 rings (SSSR count). The van der Waals surface area contributed by atoms with Gasteiger partial charge in [-0.25, -0.2) is 5.43 Å². The number of rotatable bonds is 7. The Balaban J connectivity index is 1.19. The van der Waals surface area contributed by atoms with Crippen molar-refractivity contribution < 1.29 is 38.6 Å². The fraction of sp³-hybridized carbons (Fsp3) is 0.490. The first-order valence-electron chi connectivity index (χ1n) is 22.4. The number of pyridine rings is 1. The first-order chi connectivity index (χ1) is 31.0. The number of nitroso groups, excluding NO2 is 1. The molecule has 2 aromatic heterocycles. The predicted octanol–water partition coefficient (Wildman–Crippen LogP) is 4.78. The van der Waals surface area contributed by atoms with E-state index >= 15 is 0 Å². The number of cyclic esters (lactones) is 1. The summed E-state index contributed by atoms with van der Waals surface area (Å²) in [5.74, 6) is 2.52. The van der Waals surface area contributed by atoms with Crippen molar-refractivity contribution in [3.8, 4) is 40.0 Å². The highest BCUT2D eigenvalue weighted by molar-refractivity contribution is 5.97. The van der Waals surface area contributed by atoms with Crippen molar-refractivity contribution in [3.05, 3.63) is 76.5 Å². The number of phenolic OH excluding ortho intramolecular Hbond substituents is 1. The zero-order valence-corrected chi connectivity index (χ0v) is 38.4. The number of esters is 1. The van der Waals surface area contributed by atoms with Gasteiger partial charge in [0.2, 0.25) is 5.91 Å². The molecule has 0 saturated carbocycles. The molecule has 3 aliphatic heterocycles. The molecule has 1 aliphatic carbocycles. The Kier molecular flexibility index (Phi) is 12.5. The van der Waals surface area contributed by atoms with Gasteiger partial charge >= 0.3 is 5.97 Å². The van der Waals surface area contributed by atoms with Crippen molar-refractivity contribution in [3.63, 3.8) is 0 Å². The Morgan fingerprint density at radius 1 is 1.11 bits per heavy atom. The maximum atomic E-state index is 14.7. The fourth-order valence-electron chi connectivity index (χ4n) is 10.5. The normalized spacial score (nSPS) is 23.2. The van der Waals surface area contributed by atoms with E-state index in [0.717, 1.165) is 43.9 Å². The number of hydrogen-bond donors (Lipinski definition) is 3. The van der Waals surface area contributed by atoms with Gasteiger partial charge < -0.3 is 29.4 Å². The third kappa shape index (κ3) is 8.43. The lowest BCUT2D eigenvalue weighted by Crippen LogP contribution is -2.62. The summed E-state index contributed by atoms with van der Waals surface area (Å²) < 4.78 is 14.7. The monoisotopic (exact) mass is 887 g/mol. The number of aryl methyl sites for hydroxylation is 1. The Labute approximate surface area is 379 Å². The molecule has 16 heteroatoms. The van der Waals surface area contributed by atoms with Crippen molar-refractivity contribution in [2.45, 2.75) is 96.5 Å². The lowest BCUT2D eigenvalue weighted by atomic mass is 9.67. The second kappa shape index (κ2) is 17.9. The number of hydrogen-bond acceptors (Lipinski definition) is 10. The van der Waals surface area contributed by atoms with Crippen LogP contribution in [0.3, 0.4) is 0 Å². The van der Waals surface area contributed by atoms with Crippen LogP contribution in [-0.2, 0) is 42.1 Å². The minimum Gasteiger partial charge on any atom is -0.508 e. The van der Waals surface area contributed by atoms with Crippen LogP contribution in [0.1, 0.15) is 82.7 Å². The van der Waals surface area contributed by atoms with Gasteiger partial charge in [-0.05, 0) is 90.3 Å². The van der Waals surface area contributed by atoms with E-state index in [0.29, 0.717) is 36.9 Å². The van der Waals surface area contributed by atoms with E-state index in [-0.39, 0.29) is 49.6 Å². The van der Waals surface area contributed by atoms with Crippen LogP contribution in [0.25, 0.3) is 33.3 Å². The average Bonchev–Trinajstić information content (AvgIpc) is 3.90. The van der Waals surface area contributed by atoms with Crippen LogP contribution in [0.5, 0.6) is 5.75 Å². The molecule has 6 bridgehead atoms. The van der Waals surface area contributed by atoms with Gasteiger partial charge in [0.25, 0.3) is 17.9 Å². The van der Waals surface area contributed by atoms with Gasteiger partial charge in [-0.3, -0.25) is 29.2 Å². The molecule has 6 atom stereocenters. The van der Waals surface area contributed by atoms with E-state index in [2.05, 4.69) is 59.2 Å². The predicted molar refractivity (Wildman–Crippen MR) is 242 cm³/mol. The molecule has 4 aromatic rings. The SMILES string of the molecule is CC#CC(=O)N1CC[C@H]([N+](=O)N(C)[C@H](C(=O)N[C@H]2Cc3cc(O)cc(c3)-c3ccc4c(c3)c3c(n4C)-c4cccnc4[C@@H](OC)C3C(C)(C)COC(=O)[C@@H]3CCCN(N3)C2=O)C(C)C)C1. The summed E-state index contributed by atoms with van der Waals surface area (Å²) in [7, 11) is 5.25. The maximum Gasteiger partial charge on any atom is 0.324 e. The largest absolute Gasteiger partial charge is 0.508 e. The number of likely N-dealkylation sites (tertiary alicyclic amines) is 1. The molecule has 65 heavy (non-hydrogen) atoms. The van der Waals surface area contributed by atoms with E-state index in [1.807, 2.05) is 39.1 Å². The van der Waals surface area contributed by atoms with Crippen molar-refractivity contribution in [2.24, 2.45) is 18.4 Å². The van der Waals surface area contributed by atoms with E-state index in [1.165, 1.54) is 14.9 Å². The van der Waals surface area contributed by atoms with Crippen molar-refractivity contribution in [2.75, 3.05) is 40.4 Å².